The number of benzene rings is 4. The van der Waals surface area contributed by atoms with Gasteiger partial charge in [0.05, 0.1) is 38.7 Å². The molecule has 0 aliphatic rings. The molecule has 0 heterocycles. The highest BCUT2D eigenvalue weighted by atomic mass is 32.2. The van der Waals surface area contributed by atoms with Crippen LogP contribution in [0.4, 0.5) is 0 Å². The molecule has 0 saturated carbocycles. The fourth-order valence-corrected chi connectivity index (χ4v) is 6.95. The Morgan fingerprint density at radius 2 is 1.07 bits per heavy atom. The van der Waals surface area contributed by atoms with Gasteiger partial charge < -0.3 is 23.9 Å². The third-order valence-electron chi connectivity index (χ3n) is 5.96. The number of fused-ring (bicyclic) bond motifs is 2. The van der Waals surface area contributed by atoms with Crippen molar-refractivity contribution in [2.75, 3.05) is 13.2 Å². The molecular formula is C24H22O16S4. The smallest absolute Gasteiger partial charge is 0.343 e. The summed E-state index contributed by atoms with van der Waals surface area (Å²) in [5.74, 6) is -3.67. The normalized spacial score (nSPS) is 12.8. The molecule has 0 spiro atoms. The van der Waals surface area contributed by atoms with E-state index in [4.69, 9.17) is 13.7 Å². The van der Waals surface area contributed by atoms with E-state index in [2.05, 4.69) is 0 Å². The van der Waals surface area contributed by atoms with Crippen LogP contribution < -0.4 is 13.7 Å². The highest BCUT2D eigenvalue weighted by Gasteiger charge is 2.31. The zero-order valence-electron chi connectivity index (χ0n) is 22.3. The SMILES string of the molecule is CCOc1c(S(=O)(=O)Oc2cc(S(=O)(=O)O)cc3cc(S(=O)(=O)O)cc(OCC)c23)cc(O)c2c(O)cc(S(=O)(=O)O)cc12. The van der Waals surface area contributed by atoms with Gasteiger partial charge in [-0.15, -0.1) is 0 Å². The summed E-state index contributed by atoms with van der Waals surface area (Å²) in [5, 5.41) is 19.3. The lowest BCUT2D eigenvalue weighted by Gasteiger charge is -2.18. The molecule has 0 radical (unpaired) electrons. The summed E-state index contributed by atoms with van der Waals surface area (Å²) in [4.78, 5) is -3.59. The van der Waals surface area contributed by atoms with Gasteiger partial charge in [0, 0.05) is 29.7 Å². The van der Waals surface area contributed by atoms with Crippen LogP contribution in [-0.4, -0.2) is 70.8 Å². The minimum absolute atomic E-state index is 0.136. The van der Waals surface area contributed by atoms with Crippen LogP contribution in [-0.2, 0) is 40.5 Å². The summed E-state index contributed by atoms with van der Waals surface area (Å²) in [5.41, 5.74) is 0. The Kier molecular flexibility index (Phi) is 8.41. The zero-order chi connectivity index (χ0) is 33.0. The van der Waals surface area contributed by atoms with Crippen LogP contribution in [0.1, 0.15) is 13.8 Å². The second-order valence-electron chi connectivity index (χ2n) is 8.86. The van der Waals surface area contributed by atoms with Crippen LogP contribution in [0.3, 0.4) is 0 Å². The molecule has 0 saturated heterocycles. The largest absolute Gasteiger partial charge is 0.507 e. The molecule has 4 aromatic rings. The molecule has 238 valence electrons. The van der Waals surface area contributed by atoms with E-state index in [9.17, 15) is 57.5 Å². The van der Waals surface area contributed by atoms with Crippen molar-refractivity contribution in [2.24, 2.45) is 0 Å². The third-order valence-corrected chi connectivity index (χ3v) is 9.69. The van der Waals surface area contributed by atoms with E-state index in [1.807, 2.05) is 0 Å². The highest BCUT2D eigenvalue weighted by molar-refractivity contribution is 7.87. The molecule has 0 fully saturated rings. The molecular weight excluding hydrogens is 673 g/mol. The van der Waals surface area contributed by atoms with Crippen LogP contribution in [0.15, 0.2) is 62.0 Å². The van der Waals surface area contributed by atoms with Crippen molar-refractivity contribution < 1.29 is 71.2 Å². The van der Waals surface area contributed by atoms with Gasteiger partial charge in [-0.1, -0.05) is 0 Å². The number of rotatable bonds is 10. The second kappa shape index (κ2) is 11.2. The zero-order valence-corrected chi connectivity index (χ0v) is 25.6. The molecule has 20 heteroatoms. The Bertz CT molecular complexity index is 2270. The number of ether oxygens (including phenoxy) is 2. The average Bonchev–Trinajstić information content (AvgIpc) is 2.87. The molecule has 0 aliphatic heterocycles. The summed E-state index contributed by atoms with van der Waals surface area (Å²) in [7, 11) is -20.2. The fraction of sp³-hybridized carbons (Fsp3) is 0.167. The quantitative estimate of drug-likeness (QED) is 0.118. The van der Waals surface area contributed by atoms with Gasteiger partial charge in [-0.3, -0.25) is 13.7 Å². The number of hydrogen-bond acceptors (Lipinski definition) is 13. The van der Waals surface area contributed by atoms with E-state index >= 15 is 0 Å². The Hall–Kier alpha value is -3.92. The lowest BCUT2D eigenvalue weighted by atomic mass is 10.1. The number of phenols is 2. The average molecular weight is 695 g/mol. The molecule has 0 amide bonds. The van der Waals surface area contributed by atoms with E-state index in [0.717, 1.165) is 18.2 Å². The van der Waals surface area contributed by atoms with Crippen molar-refractivity contribution in [3.05, 3.63) is 42.5 Å². The molecule has 0 aromatic heterocycles. The van der Waals surface area contributed by atoms with E-state index in [1.54, 1.807) is 0 Å². The van der Waals surface area contributed by atoms with Crippen LogP contribution in [0.5, 0.6) is 28.7 Å². The first-order valence-electron chi connectivity index (χ1n) is 12.0. The first-order chi connectivity index (χ1) is 20.2. The van der Waals surface area contributed by atoms with E-state index in [1.165, 1.54) is 13.8 Å². The first kappa shape index (κ1) is 33.0. The van der Waals surface area contributed by atoms with Gasteiger partial charge in [0.1, 0.15) is 23.0 Å². The molecule has 5 N–H and O–H groups in total. The van der Waals surface area contributed by atoms with Gasteiger partial charge >= 0.3 is 10.1 Å². The second-order valence-corrected chi connectivity index (χ2v) is 14.6. The molecule has 4 aromatic carbocycles. The van der Waals surface area contributed by atoms with Crippen molar-refractivity contribution in [3.8, 4) is 28.7 Å². The Balaban J connectivity index is 2.09. The standard InChI is InChI=1S/C24H22O16S4/c1-3-38-19-9-13(41(27,28)29)5-12-6-14(42(30,31)32)10-20(22(12)19)40-44(36,37)21-11-18(26)23-16(24(21)39-4-2)7-15(8-17(23)25)43(33,34)35/h5-11,25-26H,3-4H2,1-2H3,(H,27,28,29)(H,30,31,32)(H,33,34,35). The maximum atomic E-state index is 13.7. The van der Waals surface area contributed by atoms with Gasteiger partial charge in [-0.25, -0.2) is 0 Å². The van der Waals surface area contributed by atoms with Gasteiger partial charge in [0.15, 0.2) is 10.6 Å². The maximum Gasteiger partial charge on any atom is 0.343 e. The van der Waals surface area contributed by atoms with Crippen LogP contribution in [0.25, 0.3) is 21.5 Å². The Morgan fingerprint density at radius 1 is 0.591 bits per heavy atom. The van der Waals surface area contributed by atoms with Crippen LogP contribution in [0.2, 0.25) is 0 Å². The van der Waals surface area contributed by atoms with Gasteiger partial charge in [0.2, 0.25) is 0 Å². The summed E-state index contributed by atoms with van der Waals surface area (Å²) >= 11 is 0. The molecule has 0 bridgehead atoms. The molecule has 16 nitrogen and oxygen atoms in total. The topological polar surface area (TPSA) is 265 Å². The number of aromatic hydroxyl groups is 2. The summed E-state index contributed by atoms with van der Waals surface area (Å²) in [6.45, 7) is 2.49. The maximum absolute atomic E-state index is 13.7. The van der Waals surface area contributed by atoms with E-state index in [0.29, 0.717) is 24.3 Å². The monoisotopic (exact) mass is 694 g/mol. The molecule has 0 unspecified atom stereocenters. The molecule has 4 rings (SSSR count). The summed E-state index contributed by atoms with van der Waals surface area (Å²) in [6.07, 6.45) is 0. The minimum atomic E-state index is -5.24. The van der Waals surface area contributed by atoms with Gasteiger partial charge in [0.25, 0.3) is 30.4 Å². The molecule has 0 atom stereocenters. The van der Waals surface area contributed by atoms with Crippen molar-refractivity contribution in [1.29, 1.82) is 0 Å². The van der Waals surface area contributed by atoms with Crippen LogP contribution in [0, 0.1) is 0 Å². The summed E-state index contributed by atoms with van der Waals surface area (Å²) in [6, 6.07) is 4.80. The molecule has 44 heavy (non-hydrogen) atoms. The number of phenolic OH excluding ortho intramolecular Hbond substituents is 2. The Morgan fingerprint density at radius 3 is 1.57 bits per heavy atom. The van der Waals surface area contributed by atoms with Crippen molar-refractivity contribution in [1.82, 2.24) is 0 Å². The van der Waals surface area contributed by atoms with Crippen molar-refractivity contribution in [3.63, 3.8) is 0 Å². The van der Waals surface area contributed by atoms with Crippen molar-refractivity contribution >= 4 is 62.0 Å². The van der Waals surface area contributed by atoms with Crippen molar-refractivity contribution in [2.45, 2.75) is 33.4 Å². The highest BCUT2D eigenvalue weighted by Crippen LogP contribution is 2.46. The predicted octanol–water partition coefficient (Wildman–Crippen LogP) is 2.71. The fourth-order valence-electron chi connectivity index (χ4n) is 4.25. The number of hydrogen-bond donors (Lipinski definition) is 5. The minimum Gasteiger partial charge on any atom is -0.507 e. The van der Waals surface area contributed by atoms with Gasteiger partial charge in [-0.05, 0) is 37.4 Å². The molecule has 0 aliphatic carbocycles. The van der Waals surface area contributed by atoms with Gasteiger partial charge in [-0.2, -0.15) is 33.7 Å². The third kappa shape index (κ3) is 6.31. The summed E-state index contributed by atoms with van der Waals surface area (Å²) < 4.78 is 144. The van der Waals surface area contributed by atoms with Crippen LogP contribution >= 0.6 is 0 Å². The van der Waals surface area contributed by atoms with E-state index in [-0.39, 0.29) is 29.7 Å². The first-order valence-corrected chi connectivity index (χ1v) is 17.7. The lowest BCUT2D eigenvalue weighted by molar-refractivity contribution is 0.332. The lowest BCUT2D eigenvalue weighted by Crippen LogP contribution is -2.13. The predicted molar refractivity (Wildman–Crippen MR) is 151 cm³/mol. The Labute approximate surface area is 250 Å². The van der Waals surface area contributed by atoms with E-state index < -0.39 is 93.8 Å².